The van der Waals surface area contributed by atoms with Crippen molar-refractivity contribution in [3.05, 3.63) is 35.9 Å². The summed E-state index contributed by atoms with van der Waals surface area (Å²) in [6.07, 6.45) is 2.24. The van der Waals surface area contributed by atoms with E-state index in [1.54, 1.807) is 0 Å². The minimum atomic E-state index is -0.345. The summed E-state index contributed by atoms with van der Waals surface area (Å²) < 4.78 is 0. The van der Waals surface area contributed by atoms with Gasteiger partial charge in [0.25, 0.3) is 0 Å². The third-order valence-electron chi connectivity index (χ3n) is 4.47. The van der Waals surface area contributed by atoms with Crippen LogP contribution in [0.5, 0.6) is 0 Å². The van der Waals surface area contributed by atoms with Crippen molar-refractivity contribution in [2.24, 2.45) is 5.41 Å². The van der Waals surface area contributed by atoms with E-state index in [4.69, 9.17) is 0 Å². The Morgan fingerprint density at radius 1 is 1.30 bits per heavy atom. The van der Waals surface area contributed by atoms with Gasteiger partial charge in [-0.25, -0.2) is 4.79 Å². The number of hydrogen-bond acceptors (Lipinski definition) is 3. The number of nitrogens with one attached hydrogen (secondary N) is 1. The number of piperidine rings is 1. The van der Waals surface area contributed by atoms with E-state index < -0.39 is 0 Å². The van der Waals surface area contributed by atoms with Gasteiger partial charge in [-0.3, -0.25) is 0 Å². The van der Waals surface area contributed by atoms with Gasteiger partial charge in [-0.15, -0.1) is 0 Å². The number of rotatable bonds is 5. The molecule has 1 fully saturated rings. The Labute approximate surface area is 138 Å². The van der Waals surface area contributed by atoms with Crippen LogP contribution in [-0.2, 0) is 6.42 Å². The fourth-order valence-electron chi connectivity index (χ4n) is 2.95. The van der Waals surface area contributed by atoms with Crippen molar-refractivity contribution < 1.29 is 4.79 Å². The SMILES string of the molecule is CN(C)CCNC(=O)N1CCC(C#N)(Cc2ccccc2)CC1. The molecule has 1 aliphatic rings. The molecule has 0 unspecified atom stereocenters. The van der Waals surface area contributed by atoms with Gasteiger partial charge < -0.3 is 15.1 Å². The van der Waals surface area contributed by atoms with Crippen molar-refractivity contribution >= 4 is 6.03 Å². The average Bonchev–Trinajstić information content (AvgIpc) is 2.56. The number of nitriles is 1. The maximum absolute atomic E-state index is 12.2. The predicted molar refractivity (Wildman–Crippen MR) is 91.0 cm³/mol. The van der Waals surface area contributed by atoms with E-state index in [2.05, 4.69) is 23.5 Å². The van der Waals surface area contributed by atoms with E-state index in [0.29, 0.717) is 19.6 Å². The van der Waals surface area contributed by atoms with E-state index in [0.717, 1.165) is 25.8 Å². The van der Waals surface area contributed by atoms with Gasteiger partial charge in [-0.1, -0.05) is 30.3 Å². The maximum atomic E-state index is 12.2. The van der Waals surface area contributed by atoms with Crippen LogP contribution in [0.2, 0.25) is 0 Å². The van der Waals surface area contributed by atoms with Crippen LogP contribution in [0.1, 0.15) is 18.4 Å². The van der Waals surface area contributed by atoms with E-state index >= 15 is 0 Å². The van der Waals surface area contributed by atoms with Crippen molar-refractivity contribution in [1.29, 1.82) is 5.26 Å². The fourth-order valence-corrected chi connectivity index (χ4v) is 2.95. The molecule has 1 saturated heterocycles. The number of nitrogens with zero attached hydrogens (tertiary/aromatic N) is 3. The van der Waals surface area contributed by atoms with E-state index in [9.17, 15) is 10.1 Å². The van der Waals surface area contributed by atoms with Gasteiger partial charge in [-0.05, 0) is 38.9 Å². The number of hydrogen-bond donors (Lipinski definition) is 1. The summed E-state index contributed by atoms with van der Waals surface area (Å²) in [4.78, 5) is 16.0. The Morgan fingerprint density at radius 2 is 1.96 bits per heavy atom. The van der Waals surface area contributed by atoms with Crippen LogP contribution in [0.3, 0.4) is 0 Å². The lowest BCUT2D eigenvalue weighted by atomic mass is 9.75. The summed E-state index contributed by atoms with van der Waals surface area (Å²) >= 11 is 0. The summed E-state index contributed by atoms with van der Waals surface area (Å²) in [5.74, 6) is 0. The van der Waals surface area contributed by atoms with Gasteiger partial charge >= 0.3 is 6.03 Å². The Bertz CT molecular complexity index is 542. The zero-order valence-electron chi connectivity index (χ0n) is 14.1. The molecule has 2 rings (SSSR count). The average molecular weight is 314 g/mol. The molecule has 0 bridgehead atoms. The molecule has 1 aromatic rings. The first kappa shape index (κ1) is 17.3. The molecule has 0 spiro atoms. The molecule has 124 valence electrons. The molecule has 1 heterocycles. The Kier molecular flexibility index (Phi) is 6.00. The normalized spacial score (nSPS) is 16.9. The van der Waals surface area contributed by atoms with Crippen molar-refractivity contribution in [2.75, 3.05) is 40.3 Å². The number of carbonyl (C=O) groups is 1. The molecular formula is C18H26N4O. The quantitative estimate of drug-likeness (QED) is 0.905. The molecular weight excluding hydrogens is 288 g/mol. The standard InChI is InChI=1S/C18H26N4O/c1-21(2)13-10-20-17(23)22-11-8-18(15-19,9-12-22)14-16-6-4-3-5-7-16/h3-7H,8-14H2,1-2H3,(H,20,23). The van der Waals surface area contributed by atoms with Gasteiger partial charge in [0.2, 0.25) is 0 Å². The number of likely N-dealkylation sites (N-methyl/N-ethyl adjacent to an activating group) is 1. The van der Waals surface area contributed by atoms with Crippen molar-refractivity contribution in [3.8, 4) is 6.07 Å². The summed E-state index contributed by atoms with van der Waals surface area (Å²) in [6.45, 7) is 2.77. The van der Waals surface area contributed by atoms with Gasteiger partial charge in [-0.2, -0.15) is 5.26 Å². The van der Waals surface area contributed by atoms with Crippen molar-refractivity contribution in [1.82, 2.24) is 15.1 Å². The van der Waals surface area contributed by atoms with E-state index in [1.807, 2.05) is 42.1 Å². The lowest BCUT2D eigenvalue weighted by Gasteiger charge is -2.37. The molecule has 5 nitrogen and oxygen atoms in total. The summed E-state index contributed by atoms with van der Waals surface area (Å²) in [5.41, 5.74) is 0.847. The van der Waals surface area contributed by atoms with Crippen LogP contribution < -0.4 is 5.32 Å². The number of urea groups is 1. The number of benzene rings is 1. The summed E-state index contributed by atoms with van der Waals surface area (Å²) in [5, 5.41) is 12.6. The minimum absolute atomic E-state index is 0.0156. The molecule has 0 aliphatic carbocycles. The highest BCUT2D eigenvalue weighted by Crippen LogP contribution is 2.34. The molecule has 2 amide bonds. The second-order valence-corrected chi connectivity index (χ2v) is 6.58. The molecule has 1 aromatic carbocycles. The van der Waals surface area contributed by atoms with Crippen LogP contribution in [0.25, 0.3) is 0 Å². The minimum Gasteiger partial charge on any atom is -0.337 e. The van der Waals surface area contributed by atoms with Crippen LogP contribution in [0.4, 0.5) is 4.79 Å². The van der Waals surface area contributed by atoms with Gasteiger partial charge in [0.1, 0.15) is 0 Å². The third-order valence-corrected chi connectivity index (χ3v) is 4.47. The summed E-state index contributed by atoms with van der Waals surface area (Å²) in [7, 11) is 3.97. The number of carbonyl (C=O) groups excluding carboxylic acids is 1. The lowest BCUT2D eigenvalue weighted by molar-refractivity contribution is 0.148. The Balaban J connectivity index is 1.86. The zero-order valence-corrected chi connectivity index (χ0v) is 14.1. The van der Waals surface area contributed by atoms with Crippen LogP contribution in [-0.4, -0.2) is 56.1 Å². The van der Waals surface area contributed by atoms with Gasteiger partial charge in [0.15, 0.2) is 0 Å². The number of likely N-dealkylation sites (tertiary alicyclic amines) is 1. The van der Waals surface area contributed by atoms with Crippen molar-refractivity contribution in [2.45, 2.75) is 19.3 Å². The molecule has 1 N–H and O–H groups in total. The molecule has 1 aliphatic heterocycles. The van der Waals surface area contributed by atoms with Crippen LogP contribution in [0.15, 0.2) is 30.3 Å². The summed E-state index contributed by atoms with van der Waals surface area (Å²) in [6, 6.07) is 12.6. The fraction of sp³-hybridized carbons (Fsp3) is 0.556. The van der Waals surface area contributed by atoms with Gasteiger partial charge in [0, 0.05) is 26.2 Å². The highest BCUT2D eigenvalue weighted by atomic mass is 16.2. The van der Waals surface area contributed by atoms with E-state index in [-0.39, 0.29) is 11.4 Å². The molecule has 0 radical (unpaired) electrons. The Hall–Kier alpha value is -2.06. The smallest absolute Gasteiger partial charge is 0.317 e. The largest absolute Gasteiger partial charge is 0.337 e. The first-order chi connectivity index (χ1) is 11.0. The Morgan fingerprint density at radius 3 is 2.52 bits per heavy atom. The first-order valence-corrected chi connectivity index (χ1v) is 8.17. The second-order valence-electron chi connectivity index (χ2n) is 6.58. The monoisotopic (exact) mass is 314 g/mol. The molecule has 0 aromatic heterocycles. The molecule has 5 heteroatoms. The van der Waals surface area contributed by atoms with Gasteiger partial charge in [0.05, 0.1) is 11.5 Å². The van der Waals surface area contributed by atoms with E-state index in [1.165, 1.54) is 5.56 Å². The zero-order chi connectivity index (χ0) is 16.7. The van der Waals surface area contributed by atoms with Crippen molar-refractivity contribution in [3.63, 3.8) is 0 Å². The topological polar surface area (TPSA) is 59.4 Å². The first-order valence-electron chi connectivity index (χ1n) is 8.17. The van der Waals surface area contributed by atoms with Crippen LogP contribution in [0, 0.1) is 16.7 Å². The highest BCUT2D eigenvalue weighted by Gasteiger charge is 2.36. The third kappa shape index (κ3) is 4.97. The second kappa shape index (κ2) is 7.98. The lowest BCUT2D eigenvalue weighted by Crippen LogP contribution is -2.48. The maximum Gasteiger partial charge on any atom is 0.317 e. The predicted octanol–water partition coefficient (Wildman–Crippen LogP) is 2.11. The number of amides is 2. The molecule has 23 heavy (non-hydrogen) atoms. The molecule has 0 atom stereocenters. The highest BCUT2D eigenvalue weighted by molar-refractivity contribution is 5.74. The van der Waals surface area contributed by atoms with Crippen LogP contribution >= 0.6 is 0 Å². The molecule has 0 saturated carbocycles.